The summed E-state index contributed by atoms with van der Waals surface area (Å²) in [6.07, 6.45) is 0. The molecule has 2 aromatic carbocycles. The van der Waals surface area contributed by atoms with E-state index in [4.69, 9.17) is 10.5 Å². The smallest absolute Gasteiger partial charge is 0.136 e. The molecule has 0 spiro atoms. The highest BCUT2D eigenvalue weighted by molar-refractivity contribution is 9.10. The van der Waals surface area contributed by atoms with Crippen molar-refractivity contribution in [3.8, 4) is 5.75 Å². The van der Waals surface area contributed by atoms with Gasteiger partial charge in [-0.15, -0.1) is 0 Å². The summed E-state index contributed by atoms with van der Waals surface area (Å²) in [7, 11) is 0. The van der Waals surface area contributed by atoms with Gasteiger partial charge in [-0.2, -0.15) is 0 Å². The lowest BCUT2D eigenvalue weighted by Crippen LogP contribution is -1.97. The number of hydrogen-bond donors (Lipinski definition) is 1. The Bertz CT molecular complexity index is 525. The van der Waals surface area contributed by atoms with E-state index in [1.165, 1.54) is 5.56 Å². The van der Waals surface area contributed by atoms with Crippen molar-refractivity contribution in [1.29, 1.82) is 0 Å². The molecule has 0 atom stereocenters. The third kappa shape index (κ3) is 3.01. The van der Waals surface area contributed by atoms with Crippen molar-refractivity contribution in [2.75, 3.05) is 5.73 Å². The Morgan fingerprint density at radius 1 is 1.18 bits per heavy atom. The Labute approximate surface area is 110 Å². The minimum Gasteiger partial charge on any atom is -0.488 e. The number of nitrogens with two attached hydrogens (primary N) is 1. The molecule has 0 aromatic heterocycles. The first kappa shape index (κ1) is 12.0. The van der Waals surface area contributed by atoms with E-state index in [0.29, 0.717) is 12.3 Å². The minimum atomic E-state index is 0.545. The third-order valence-electron chi connectivity index (χ3n) is 2.47. The van der Waals surface area contributed by atoms with Crippen molar-refractivity contribution < 1.29 is 4.74 Å². The van der Waals surface area contributed by atoms with Gasteiger partial charge in [-0.3, -0.25) is 0 Å². The van der Waals surface area contributed by atoms with Gasteiger partial charge in [-0.25, -0.2) is 0 Å². The largest absolute Gasteiger partial charge is 0.488 e. The second kappa shape index (κ2) is 5.23. The number of hydrogen-bond acceptors (Lipinski definition) is 2. The topological polar surface area (TPSA) is 35.2 Å². The van der Waals surface area contributed by atoms with Crippen LogP contribution in [-0.2, 0) is 6.61 Å². The fraction of sp³-hybridized carbons (Fsp3) is 0.143. The first-order valence-electron chi connectivity index (χ1n) is 5.39. The molecule has 0 aliphatic rings. The molecule has 2 N–H and O–H groups in total. The molecular weight excluding hydrogens is 278 g/mol. The lowest BCUT2D eigenvalue weighted by Gasteiger charge is -2.09. The predicted octanol–water partition coefficient (Wildman–Crippen LogP) is 3.92. The molecule has 0 unspecified atom stereocenters. The van der Waals surface area contributed by atoms with Gasteiger partial charge >= 0.3 is 0 Å². The molecule has 0 radical (unpaired) electrons. The van der Waals surface area contributed by atoms with Crippen molar-refractivity contribution in [3.63, 3.8) is 0 Å². The lowest BCUT2D eigenvalue weighted by molar-refractivity contribution is 0.304. The van der Waals surface area contributed by atoms with E-state index in [9.17, 15) is 0 Å². The molecule has 0 saturated heterocycles. The number of nitrogen functional groups attached to an aromatic ring is 1. The normalized spacial score (nSPS) is 10.2. The van der Waals surface area contributed by atoms with Crippen LogP contribution < -0.4 is 10.5 Å². The molecule has 3 heteroatoms. The van der Waals surface area contributed by atoms with Crippen LogP contribution in [0.2, 0.25) is 0 Å². The second-order valence-electron chi connectivity index (χ2n) is 3.94. The Kier molecular flexibility index (Phi) is 3.69. The molecule has 0 saturated carbocycles. The summed E-state index contributed by atoms with van der Waals surface area (Å²) in [6.45, 7) is 2.61. The lowest BCUT2D eigenvalue weighted by atomic mass is 10.1. The average molecular weight is 292 g/mol. The Morgan fingerprint density at radius 3 is 2.71 bits per heavy atom. The van der Waals surface area contributed by atoms with Gasteiger partial charge in [-0.1, -0.05) is 35.9 Å². The monoisotopic (exact) mass is 291 g/mol. The van der Waals surface area contributed by atoms with E-state index in [0.717, 1.165) is 15.8 Å². The fourth-order valence-corrected chi connectivity index (χ4v) is 1.98. The number of anilines is 1. The van der Waals surface area contributed by atoms with Gasteiger partial charge in [0.1, 0.15) is 12.4 Å². The number of ether oxygens (including phenoxy) is 1. The first-order chi connectivity index (χ1) is 8.16. The maximum absolute atomic E-state index is 5.79. The van der Waals surface area contributed by atoms with Gasteiger partial charge in [-0.05, 0) is 40.5 Å². The third-order valence-corrected chi connectivity index (χ3v) is 3.32. The summed E-state index contributed by atoms with van der Waals surface area (Å²) in [6, 6.07) is 13.9. The van der Waals surface area contributed by atoms with Crippen LogP contribution >= 0.6 is 15.9 Å². The van der Waals surface area contributed by atoms with Crippen molar-refractivity contribution in [2.24, 2.45) is 0 Å². The molecule has 2 aromatic rings. The van der Waals surface area contributed by atoms with E-state index in [-0.39, 0.29) is 0 Å². The van der Waals surface area contributed by atoms with Crippen LogP contribution in [0.25, 0.3) is 0 Å². The minimum absolute atomic E-state index is 0.545. The SMILES string of the molecule is Cc1cccc(COc2cccc(N)c2Br)c1. The maximum Gasteiger partial charge on any atom is 0.136 e. The van der Waals surface area contributed by atoms with E-state index in [2.05, 4.69) is 35.0 Å². The van der Waals surface area contributed by atoms with E-state index in [1.54, 1.807) is 0 Å². The van der Waals surface area contributed by atoms with Gasteiger partial charge in [0, 0.05) is 5.69 Å². The molecular formula is C14H14BrNO. The summed E-state index contributed by atoms with van der Waals surface area (Å²) in [5, 5.41) is 0. The molecule has 0 fully saturated rings. The number of aryl methyl sites for hydroxylation is 1. The standard InChI is InChI=1S/C14H14BrNO/c1-10-4-2-5-11(8-10)9-17-13-7-3-6-12(16)14(13)15/h2-8H,9,16H2,1H3. The molecule has 0 amide bonds. The van der Waals surface area contributed by atoms with E-state index >= 15 is 0 Å². The van der Waals surface area contributed by atoms with E-state index < -0.39 is 0 Å². The van der Waals surface area contributed by atoms with Crippen LogP contribution in [0.3, 0.4) is 0 Å². The van der Waals surface area contributed by atoms with Crippen LogP contribution in [0, 0.1) is 6.92 Å². The molecule has 17 heavy (non-hydrogen) atoms. The van der Waals surface area contributed by atoms with Crippen molar-refractivity contribution in [1.82, 2.24) is 0 Å². The Hall–Kier alpha value is -1.48. The predicted molar refractivity (Wildman–Crippen MR) is 74.1 cm³/mol. The van der Waals surface area contributed by atoms with Crippen LogP contribution in [0.15, 0.2) is 46.9 Å². The summed E-state index contributed by atoms with van der Waals surface area (Å²) in [4.78, 5) is 0. The zero-order valence-electron chi connectivity index (χ0n) is 9.61. The number of rotatable bonds is 3. The Morgan fingerprint density at radius 2 is 1.94 bits per heavy atom. The van der Waals surface area contributed by atoms with Gasteiger partial charge in [0.05, 0.1) is 4.47 Å². The van der Waals surface area contributed by atoms with Crippen LogP contribution in [0.4, 0.5) is 5.69 Å². The fourth-order valence-electron chi connectivity index (χ4n) is 1.60. The molecule has 0 aliphatic carbocycles. The van der Waals surface area contributed by atoms with Gasteiger partial charge in [0.15, 0.2) is 0 Å². The molecule has 2 nitrogen and oxygen atoms in total. The Balaban J connectivity index is 2.10. The molecule has 0 aliphatic heterocycles. The highest BCUT2D eigenvalue weighted by Crippen LogP contribution is 2.30. The summed E-state index contributed by atoms with van der Waals surface area (Å²) >= 11 is 3.42. The zero-order valence-corrected chi connectivity index (χ0v) is 11.2. The van der Waals surface area contributed by atoms with Gasteiger partial charge in [0.2, 0.25) is 0 Å². The average Bonchev–Trinajstić information content (AvgIpc) is 2.31. The first-order valence-corrected chi connectivity index (χ1v) is 6.18. The zero-order chi connectivity index (χ0) is 12.3. The van der Waals surface area contributed by atoms with Crippen molar-refractivity contribution in [3.05, 3.63) is 58.1 Å². The number of benzene rings is 2. The highest BCUT2D eigenvalue weighted by Gasteiger charge is 2.04. The van der Waals surface area contributed by atoms with Crippen molar-refractivity contribution in [2.45, 2.75) is 13.5 Å². The molecule has 0 bridgehead atoms. The van der Waals surface area contributed by atoms with Crippen LogP contribution in [0.1, 0.15) is 11.1 Å². The van der Waals surface area contributed by atoms with Crippen molar-refractivity contribution >= 4 is 21.6 Å². The second-order valence-corrected chi connectivity index (χ2v) is 4.73. The highest BCUT2D eigenvalue weighted by atomic mass is 79.9. The van der Waals surface area contributed by atoms with E-state index in [1.807, 2.05) is 30.3 Å². The van der Waals surface area contributed by atoms with Gasteiger partial charge < -0.3 is 10.5 Å². The van der Waals surface area contributed by atoms with Crippen LogP contribution in [0.5, 0.6) is 5.75 Å². The quantitative estimate of drug-likeness (QED) is 0.870. The summed E-state index contributed by atoms with van der Waals surface area (Å²) < 4.78 is 6.54. The summed E-state index contributed by atoms with van der Waals surface area (Å²) in [5.41, 5.74) is 8.86. The number of halogens is 1. The molecule has 2 rings (SSSR count). The van der Waals surface area contributed by atoms with Crippen LogP contribution in [-0.4, -0.2) is 0 Å². The maximum atomic E-state index is 5.79. The van der Waals surface area contributed by atoms with Gasteiger partial charge in [0.25, 0.3) is 0 Å². The molecule has 88 valence electrons. The molecule has 0 heterocycles. The summed E-state index contributed by atoms with van der Waals surface area (Å²) in [5.74, 6) is 0.770.